The quantitative estimate of drug-likeness (QED) is 0.854. The Morgan fingerprint density at radius 2 is 1.91 bits per heavy atom. The van der Waals surface area contributed by atoms with E-state index in [1.165, 1.54) is 12.0 Å². The monoisotopic (exact) mass is 334 g/mol. The Bertz CT molecular complexity index is 673. The molecule has 2 aromatic rings. The second-order valence-corrected chi connectivity index (χ2v) is 7.21. The first kappa shape index (κ1) is 16.2. The van der Waals surface area contributed by atoms with Gasteiger partial charge in [0, 0.05) is 15.8 Å². The van der Waals surface area contributed by atoms with Gasteiger partial charge in [-0.2, -0.15) is 0 Å². The molecule has 0 spiro atoms. The summed E-state index contributed by atoms with van der Waals surface area (Å²) in [5, 5.41) is 5.04. The van der Waals surface area contributed by atoms with Gasteiger partial charge in [0.05, 0.1) is 17.8 Å². The number of piperidine rings is 1. The zero-order chi connectivity index (χ0) is 16.2. The van der Waals surface area contributed by atoms with Crippen LogP contribution in [0.15, 0.2) is 39.6 Å². The van der Waals surface area contributed by atoms with Crippen molar-refractivity contribution < 1.29 is 9.31 Å². The summed E-state index contributed by atoms with van der Waals surface area (Å²) >= 11 is 1.73. The van der Waals surface area contributed by atoms with Gasteiger partial charge >= 0.3 is 11.3 Å². The predicted molar refractivity (Wildman–Crippen MR) is 92.0 cm³/mol. The lowest BCUT2D eigenvalue weighted by Gasteiger charge is -2.32. The third kappa shape index (κ3) is 3.63. The lowest BCUT2D eigenvalue weighted by atomic mass is 10.00. The standard InChI is InChI=1S/C17H23N3O2S/c1-13-7-6-8-14(2)19(13)20-16(17(21)22-18-20)12-23-11-15-9-4-3-5-10-15/h3-5,9-10,13-14H,6-8,11-12H2,1-2H3/p+1. The SMILES string of the molecule is CC1CCCC(C)N1[n+]1[nH]oc(=O)c1CSCc1ccccc1. The molecule has 1 aliphatic rings. The number of nitrogens with one attached hydrogen (secondary N) is 1. The van der Waals surface area contributed by atoms with Crippen LogP contribution in [0, 0.1) is 0 Å². The molecule has 2 unspecified atom stereocenters. The van der Waals surface area contributed by atoms with Crippen molar-refractivity contribution in [3.63, 3.8) is 0 Å². The Kier molecular flexibility index (Phi) is 5.10. The zero-order valence-electron chi connectivity index (χ0n) is 13.7. The van der Waals surface area contributed by atoms with Crippen LogP contribution in [0.5, 0.6) is 0 Å². The van der Waals surface area contributed by atoms with Crippen LogP contribution < -0.4 is 15.4 Å². The first-order valence-electron chi connectivity index (χ1n) is 8.19. The number of H-pyrrole nitrogens is 1. The predicted octanol–water partition coefficient (Wildman–Crippen LogP) is 2.59. The van der Waals surface area contributed by atoms with Crippen LogP contribution in [0.2, 0.25) is 0 Å². The molecule has 2 heterocycles. The van der Waals surface area contributed by atoms with Crippen LogP contribution in [0.25, 0.3) is 0 Å². The average molecular weight is 334 g/mol. The van der Waals surface area contributed by atoms with Gasteiger partial charge in [0.1, 0.15) is 0 Å². The Morgan fingerprint density at radius 1 is 1.22 bits per heavy atom. The van der Waals surface area contributed by atoms with Crippen LogP contribution in [-0.2, 0) is 11.5 Å². The molecule has 1 aliphatic heterocycles. The number of rotatable bonds is 5. The highest BCUT2D eigenvalue weighted by Gasteiger charge is 2.36. The normalized spacial score (nSPS) is 21.6. The van der Waals surface area contributed by atoms with Crippen LogP contribution in [0.4, 0.5) is 0 Å². The first-order chi connectivity index (χ1) is 11.2. The highest BCUT2D eigenvalue weighted by Crippen LogP contribution is 2.19. The molecule has 0 bridgehead atoms. The van der Waals surface area contributed by atoms with Crippen molar-refractivity contribution in [1.29, 1.82) is 0 Å². The largest absolute Gasteiger partial charge is 0.434 e. The molecule has 6 heteroatoms. The van der Waals surface area contributed by atoms with E-state index in [1.807, 2.05) is 23.0 Å². The van der Waals surface area contributed by atoms with Crippen LogP contribution in [-0.4, -0.2) is 17.4 Å². The van der Waals surface area contributed by atoms with Gasteiger partial charge in [-0.05, 0) is 38.7 Å². The number of benzene rings is 1. The van der Waals surface area contributed by atoms with Gasteiger partial charge in [-0.25, -0.2) is 4.79 Å². The zero-order valence-corrected chi connectivity index (χ0v) is 14.5. The topological polar surface area (TPSA) is 53.1 Å². The lowest BCUT2D eigenvalue weighted by molar-refractivity contribution is -0.771. The summed E-state index contributed by atoms with van der Waals surface area (Å²) in [4.78, 5) is 13.9. The molecule has 1 saturated heterocycles. The second-order valence-electron chi connectivity index (χ2n) is 6.23. The van der Waals surface area contributed by atoms with E-state index in [9.17, 15) is 4.79 Å². The van der Waals surface area contributed by atoms with E-state index < -0.39 is 0 Å². The van der Waals surface area contributed by atoms with Gasteiger partial charge in [-0.3, -0.25) is 4.52 Å². The summed E-state index contributed by atoms with van der Waals surface area (Å²) in [6.45, 7) is 4.41. The summed E-state index contributed by atoms with van der Waals surface area (Å²) in [6, 6.07) is 11.1. The molecular weight excluding hydrogens is 310 g/mol. The maximum Gasteiger partial charge on any atom is 0.434 e. The molecule has 0 aliphatic carbocycles. The maximum absolute atomic E-state index is 12.1. The van der Waals surface area contributed by atoms with Crippen molar-refractivity contribution in [3.05, 3.63) is 52.0 Å². The molecule has 1 aromatic carbocycles. The summed E-state index contributed by atoms with van der Waals surface area (Å²) in [7, 11) is 0. The summed E-state index contributed by atoms with van der Waals surface area (Å²) in [5.41, 5.74) is 1.69. The molecule has 0 saturated carbocycles. The number of hydrogen-bond acceptors (Lipinski definition) is 4. The molecule has 5 nitrogen and oxygen atoms in total. The first-order valence-corrected chi connectivity index (χ1v) is 9.35. The minimum Gasteiger partial charge on any atom is -0.281 e. The summed E-state index contributed by atoms with van der Waals surface area (Å²) in [5.74, 6) is 1.52. The minimum absolute atomic E-state index is 0.268. The molecule has 23 heavy (non-hydrogen) atoms. The Labute approximate surface area is 140 Å². The highest BCUT2D eigenvalue weighted by atomic mass is 32.2. The van der Waals surface area contributed by atoms with E-state index in [0.29, 0.717) is 23.5 Å². The Balaban J connectivity index is 1.72. The maximum atomic E-state index is 12.1. The number of hydrogen-bond donors (Lipinski definition) is 1. The third-order valence-corrected chi connectivity index (χ3v) is 5.46. The van der Waals surface area contributed by atoms with Crippen molar-refractivity contribution in [3.8, 4) is 0 Å². The average Bonchev–Trinajstić information content (AvgIpc) is 2.90. The number of aromatic nitrogens is 2. The van der Waals surface area contributed by atoms with Gasteiger partial charge in [0.15, 0.2) is 0 Å². The lowest BCUT2D eigenvalue weighted by Crippen LogP contribution is -2.69. The summed E-state index contributed by atoms with van der Waals surface area (Å²) in [6.07, 6.45) is 3.52. The van der Waals surface area contributed by atoms with Gasteiger partial charge in [-0.15, -0.1) is 16.8 Å². The van der Waals surface area contributed by atoms with Crippen LogP contribution >= 0.6 is 11.8 Å². The minimum atomic E-state index is -0.268. The van der Waals surface area contributed by atoms with E-state index in [4.69, 9.17) is 4.52 Å². The molecule has 3 rings (SSSR count). The van der Waals surface area contributed by atoms with Gasteiger partial charge in [-0.1, -0.05) is 30.3 Å². The Morgan fingerprint density at radius 3 is 2.61 bits per heavy atom. The molecule has 1 N–H and O–H groups in total. The van der Waals surface area contributed by atoms with E-state index in [1.54, 1.807) is 11.8 Å². The number of nitrogens with zero attached hydrogens (tertiary/aromatic N) is 2. The summed E-state index contributed by atoms with van der Waals surface area (Å²) < 4.78 is 5.08. The van der Waals surface area contributed by atoms with Crippen LogP contribution in [0.3, 0.4) is 0 Å². The van der Waals surface area contributed by atoms with Crippen molar-refractivity contribution in [2.75, 3.05) is 5.01 Å². The fourth-order valence-corrected chi connectivity index (χ4v) is 4.20. The van der Waals surface area contributed by atoms with Gasteiger partial charge in [0.2, 0.25) is 0 Å². The van der Waals surface area contributed by atoms with Gasteiger partial charge < -0.3 is 0 Å². The fraction of sp³-hybridized carbons (Fsp3) is 0.529. The van der Waals surface area contributed by atoms with E-state index >= 15 is 0 Å². The van der Waals surface area contributed by atoms with Crippen molar-refractivity contribution in [1.82, 2.24) is 5.27 Å². The molecule has 0 radical (unpaired) electrons. The third-order valence-electron chi connectivity index (χ3n) is 4.44. The molecule has 0 amide bonds. The fourth-order valence-electron chi connectivity index (χ4n) is 3.23. The van der Waals surface area contributed by atoms with Crippen molar-refractivity contribution >= 4 is 11.8 Å². The molecule has 1 aromatic heterocycles. The molecular formula is C17H24N3O2S+. The van der Waals surface area contributed by atoms with E-state index in [2.05, 4.69) is 36.3 Å². The van der Waals surface area contributed by atoms with E-state index in [0.717, 1.165) is 18.6 Å². The van der Waals surface area contributed by atoms with Crippen molar-refractivity contribution in [2.24, 2.45) is 0 Å². The number of thioether (sulfide) groups is 1. The molecule has 1 fully saturated rings. The molecule has 2 atom stereocenters. The Hall–Kier alpha value is -1.69. The van der Waals surface area contributed by atoms with Crippen molar-refractivity contribution in [2.45, 2.75) is 56.7 Å². The van der Waals surface area contributed by atoms with Crippen LogP contribution in [0.1, 0.15) is 44.4 Å². The molecule has 124 valence electrons. The highest BCUT2D eigenvalue weighted by molar-refractivity contribution is 7.97. The number of aromatic amines is 1. The smallest absolute Gasteiger partial charge is 0.281 e. The van der Waals surface area contributed by atoms with Gasteiger partial charge in [0.25, 0.3) is 0 Å². The second kappa shape index (κ2) is 7.25. The van der Waals surface area contributed by atoms with E-state index in [-0.39, 0.29) is 5.63 Å².